The highest BCUT2D eigenvalue weighted by Gasteiger charge is 2.10. The Balaban J connectivity index is 2.37. The predicted molar refractivity (Wildman–Crippen MR) is 112 cm³/mol. The van der Waals surface area contributed by atoms with Gasteiger partial charge in [0.1, 0.15) is 11.5 Å². The zero-order valence-corrected chi connectivity index (χ0v) is 17.3. The first kappa shape index (κ1) is 23.1. The Bertz CT molecular complexity index is 535. The zero-order valence-electron chi connectivity index (χ0n) is 17.3. The van der Waals surface area contributed by atoms with E-state index in [4.69, 9.17) is 9.47 Å². The number of aliphatic hydroxyl groups is 1. The smallest absolute Gasteiger partial charge is 0.191 e. The van der Waals surface area contributed by atoms with Gasteiger partial charge in [0.2, 0.25) is 0 Å². The van der Waals surface area contributed by atoms with E-state index >= 15 is 0 Å². The van der Waals surface area contributed by atoms with E-state index in [9.17, 15) is 5.11 Å². The summed E-state index contributed by atoms with van der Waals surface area (Å²) >= 11 is 0. The Morgan fingerprint density at radius 2 is 2.00 bits per heavy atom. The van der Waals surface area contributed by atoms with Gasteiger partial charge in [0.05, 0.1) is 13.7 Å². The lowest BCUT2D eigenvalue weighted by Crippen LogP contribution is -2.38. The maximum atomic E-state index is 9.24. The summed E-state index contributed by atoms with van der Waals surface area (Å²) in [5.74, 6) is 3.47. The molecule has 6 heteroatoms. The molecule has 1 atom stereocenters. The SMILES string of the molecule is CCNC(=NCC(CCO)CC(C)C)NCCCOc1cccc(OC)c1. The van der Waals surface area contributed by atoms with E-state index in [0.29, 0.717) is 18.4 Å². The summed E-state index contributed by atoms with van der Waals surface area (Å²) < 4.78 is 11.0. The van der Waals surface area contributed by atoms with Crippen molar-refractivity contribution in [2.75, 3.05) is 40.0 Å². The molecular formula is C21H37N3O3. The average Bonchev–Trinajstić information content (AvgIpc) is 2.65. The van der Waals surface area contributed by atoms with Crippen molar-refractivity contribution in [3.05, 3.63) is 24.3 Å². The number of aliphatic hydroxyl groups excluding tert-OH is 1. The second-order valence-electron chi connectivity index (χ2n) is 7.04. The maximum Gasteiger partial charge on any atom is 0.191 e. The number of methoxy groups -OCH3 is 1. The molecule has 0 heterocycles. The third-order valence-corrected chi connectivity index (χ3v) is 4.12. The van der Waals surface area contributed by atoms with Crippen molar-refractivity contribution in [3.63, 3.8) is 0 Å². The summed E-state index contributed by atoms with van der Waals surface area (Å²) in [7, 11) is 1.65. The number of nitrogens with zero attached hydrogens (tertiary/aromatic N) is 1. The van der Waals surface area contributed by atoms with E-state index in [1.165, 1.54) is 0 Å². The summed E-state index contributed by atoms with van der Waals surface area (Å²) in [6.45, 7) is 9.65. The van der Waals surface area contributed by atoms with Crippen molar-refractivity contribution in [1.82, 2.24) is 10.6 Å². The lowest BCUT2D eigenvalue weighted by Gasteiger charge is -2.17. The number of aliphatic imine (C=N–C) groups is 1. The number of guanidine groups is 1. The molecule has 1 aromatic carbocycles. The number of hydrogen-bond donors (Lipinski definition) is 3. The number of rotatable bonds is 13. The molecule has 0 aliphatic carbocycles. The molecule has 0 spiro atoms. The Hall–Kier alpha value is -1.95. The highest BCUT2D eigenvalue weighted by molar-refractivity contribution is 5.79. The van der Waals surface area contributed by atoms with Crippen LogP contribution in [0.3, 0.4) is 0 Å². The zero-order chi connectivity index (χ0) is 19.9. The van der Waals surface area contributed by atoms with Crippen LogP contribution in [0.1, 0.15) is 40.0 Å². The first-order chi connectivity index (χ1) is 13.1. The lowest BCUT2D eigenvalue weighted by atomic mass is 9.94. The van der Waals surface area contributed by atoms with Crippen LogP contribution < -0.4 is 20.1 Å². The second-order valence-corrected chi connectivity index (χ2v) is 7.04. The van der Waals surface area contributed by atoms with Crippen molar-refractivity contribution < 1.29 is 14.6 Å². The van der Waals surface area contributed by atoms with E-state index in [0.717, 1.165) is 56.4 Å². The summed E-state index contributed by atoms with van der Waals surface area (Å²) in [5, 5.41) is 15.9. The molecule has 6 nitrogen and oxygen atoms in total. The number of ether oxygens (including phenoxy) is 2. The molecule has 3 N–H and O–H groups in total. The lowest BCUT2D eigenvalue weighted by molar-refractivity contribution is 0.245. The Morgan fingerprint density at radius 1 is 1.22 bits per heavy atom. The van der Waals surface area contributed by atoms with Gasteiger partial charge < -0.3 is 25.2 Å². The molecule has 0 bridgehead atoms. The Kier molecular flexibility index (Phi) is 12.1. The monoisotopic (exact) mass is 379 g/mol. The van der Waals surface area contributed by atoms with E-state index in [1.807, 2.05) is 24.3 Å². The van der Waals surface area contributed by atoms with Crippen molar-refractivity contribution in [3.8, 4) is 11.5 Å². The topological polar surface area (TPSA) is 75.1 Å². The molecule has 0 saturated carbocycles. The van der Waals surface area contributed by atoms with Gasteiger partial charge in [-0.05, 0) is 50.2 Å². The number of hydrogen-bond acceptors (Lipinski definition) is 4. The van der Waals surface area contributed by atoms with Gasteiger partial charge in [0, 0.05) is 32.3 Å². The molecule has 0 radical (unpaired) electrons. The molecule has 1 aromatic rings. The number of nitrogens with one attached hydrogen (secondary N) is 2. The van der Waals surface area contributed by atoms with Crippen LogP contribution >= 0.6 is 0 Å². The third-order valence-electron chi connectivity index (χ3n) is 4.12. The molecule has 0 amide bonds. The summed E-state index contributed by atoms with van der Waals surface area (Å²) in [4.78, 5) is 4.69. The molecule has 0 aliphatic heterocycles. The molecule has 0 aliphatic rings. The fourth-order valence-electron chi connectivity index (χ4n) is 2.86. The van der Waals surface area contributed by atoms with Crippen LogP contribution in [0.2, 0.25) is 0 Å². The Morgan fingerprint density at radius 3 is 2.67 bits per heavy atom. The molecule has 1 unspecified atom stereocenters. The largest absolute Gasteiger partial charge is 0.497 e. The van der Waals surface area contributed by atoms with Crippen molar-refractivity contribution in [1.29, 1.82) is 0 Å². The first-order valence-corrected chi connectivity index (χ1v) is 9.98. The van der Waals surface area contributed by atoms with Crippen LogP contribution in [-0.4, -0.2) is 51.0 Å². The van der Waals surface area contributed by atoms with Crippen molar-refractivity contribution in [2.45, 2.75) is 40.0 Å². The minimum Gasteiger partial charge on any atom is -0.497 e. The predicted octanol–water partition coefficient (Wildman–Crippen LogP) is 3.06. The highest BCUT2D eigenvalue weighted by Crippen LogP contribution is 2.18. The highest BCUT2D eigenvalue weighted by atomic mass is 16.5. The summed E-state index contributed by atoms with van der Waals surface area (Å²) in [6, 6.07) is 7.63. The van der Waals surface area contributed by atoms with Crippen molar-refractivity contribution in [2.24, 2.45) is 16.8 Å². The minimum atomic E-state index is 0.221. The quantitative estimate of drug-likeness (QED) is 0.279. The normalized spacial score (nSPS) is 12.7. The van der Waals surface area contributed by atoms with Gasteiger partial charge in [-0.15, -0.1) is 0 Å². The van der Waals surface area contributed by atoms with Crippen LogP contribution in [0.4, 0.5) is 0 Å². The maximum absolute atomic E-state index is 9.24. The van der Waals surface area contributed by atoms with Gasteiger partial charge in [-0.2, -0.15) is 0 Å². The average molecular weight is 380 g/mol. The molecular weight excluding hydrogens is 342 g/mol. The van der Waals surface area contributed by atoms with Crippen LogP contribution in [0.25, 0.3) is 0 Å². The van der Waals surface area contributed by atoms with Crippen molar-refractivity contribution >= 4 is 5.96 Å². The molecule has 0 saturated heterocycles. The fraction of sp³-hybridized carbons (Fsp3) is 0.667. The molecule has 1 rings (SSSR count). The van der Waals surface area contributed by atoms with Gasteiger partial charge in [-0.25, -0.2) is 0 Å². The summed E-state index contributed by atoms with van der Waals surface area (Å²) in [6.07, 6.45) is 2.75. The van der Waals surface area contributed by atoms with E-state index in [1.54, 1.807) is 7.11 Å². The molecule has 27 heavy (non-hydrogen) atoms. The van der Waals surface area contributed by atoms with Gasteiger partial charge in [0.15, 0.2) is 5.96 Å². The van der Waals surface area contributed by atoms with Crippen LogP contribution in [0, 0.1) is 11.8 Å². The van der Waals surface area contributed by atoms with Crippen LogP contribution in [0.5, 0.6) is 11.5 Å². The standard InChI is InChI=1S/C21H37N3O3/c1-5-22-21(24-16-18(10-12-25)14-17(2)3)23-11-7-13-27-20-9-6-8-19(15-20)26-4/h6,8-9,15,17-18,25H,5,7,10-14,16H2,1-4H3,(H2,22,23,24). The first-order valence-electron chi connectivity index (χ1n) is 9.98. The molecule has 0 fully saturated rings. The van der Waals surface area contributed by atoms with Gasteiger partial charge in [0.25, 0.3) is 0 Å². The van der Waals surface area contributed by atoms with Gasteiger partial charge in [-0.1, -0.05) is 19.9 Å². The van der Waals surface area contributed by atoms with Gasteiger partial charge >= 0.3 is 0 Å². The third kappa shape index (κ3) is 10.7. The minimum absolute atomic E-state index is 0.221. The summed E-state index contributed by atoms with van der Waals surface area (Å²) in [5.41, 5.74) is 0. The molecule has 0 aromatic heterocycles. The van der Waals surface area contributed by atoms with Crippen LogP contribution in [-0.2, 0) is 0 Å². The number of benzene rings is 1. The molecule has 154 valence electrons. The second kappa shape index (κ2) is 14.2. The Labute approximate surface area is 164 Å². The van der Waals surface area contributed by atoms with Gasteiger partial charge in [-0.3, -0.25) is 4.99 Å². The van der Waals surface area contributed by atoms with E-state index < -0.39 is 0 Å². The fourth-order valence-corrected chi connectivity index (χ4v) is 2.86. The van der Waals surface area contributed by atoms with E-state index in [2.05, 4.69) is 36.4 Å². The van der Waals surface area contributed by atoms with E-state index in [-0.39, 0.29) is 6.61 Å². The van der Waals surface area contributed by atoms with Crippen LogP contribution in [0.15, 0.2) is 29.3 Å².